The van der Waals surface area contributed by atoms with Gasteiger partial charge in [0, 0.05) is 11.6 Å². The van der Waals surface area contributed by atoms with E-state index >= 15 is 0 Å². The van der Waals surface area contributed by atoms with Crippen LogP contribution < -0.4 is 10.1 Å². The van der Waals surface area contributed by atoms with Crippen LogP contribution in [0.25, 0.3) is 11.1 Å². The molecule has 0 saturated carbocycles. The van der Waals surface area contributed by atoms with Crippen LogP contribution in [0.5, 0.6) is 5.75 Å². The monoisotopic (exact) mass is 525 g/mol. The number of nitrogens with one attached hydrogen (secondary N) is 1. The van der Waals surface area contributed by atoms with Crippen molar-refractivity contribution in [3.05, 3.63) is 88.5 Å². The molecule has 1 amide bonds. The van der Waals surface area contributed by atoms with Gasteiger partial charge in [-0.3, -0.25) is 4.79 Å². The van der Waals surface area contributed by atoms with E-state index in [1.165, 1.54) is 0 Å². The van der Waals surface area contributed by atoms with Crippen molar-refractivity contribution >= 4 is 42.5 Å². The molecule has 0 aliphatic carbocycles. The molecular weight excluding hydrogens is 498 g/mol. The Labute approximate surface area is 230 Å². The van der Waals surface area contributed by atoms with Crippen LogP contribution in [0, 0.1) is 25.5 Å². The SMILES string of the molecule is CSCCC(NC(=O)c1ccc(C)cc1-c1ccccc1C)C(=O)O.Fc1cc2cc(c1F)C(F)O2.[LiH]. The van der Waals surface area contributed by atoms with E-state index in [0.29, 0.717) is 17.7 Å². The summed E-state index contributed by atoms with van der Waals surface area (Å²) < 4.78 is 42.0. The number of carboxylic acids is 1. The van der Waals surface area contributed by atoms with Gasteiger partial charge in [0.2, 0.25) is 0 Å². The van der Waals surface area contributed by atoms with E-state index in [1.54, 1.807) is 17.8 Å². The molecule has 1 heterocycles. The van der Waals surface area contributed by atoms with E-state index in [2.05, 4.69) is 10.1 Å². The third-order valence-electron chi connectivity index (χ3n) is 5.58. The Morgan fingerprint density at radius 3 is 2.43 bits per heavy atom. The number of aliphatic carboxylic acids is 1. The molecule has 192 valence electrons. The second-order valence-corrected chi connectivity index (χ2v) is 9.24. The van der Waals surface area contributed by atoms with Crippen LogP contribution in [0.1, 0.15) is 39.8 Å². The van der Waals surface area contributed by atoms with Crippen molar-refractivity contribution in [3.63, 3.8) is 0 Å². The summed E-state index contributed by atoms with van der Waals surface area (Å²) in [6.45, 7) is 3.97. The number of fused-ring (bicyclic) bond motifs is 2. The standard InChI is InChI=1S/C20H23NO3S.C7H3F3O.Li.H/c1-13-8-9-16(17(12-13)15-7-5-4-6-14(15)2)19(22)21-18(20(23)24)10-11-25-3;8-5-2-3-1-4(6(5)9)7(10)11-3;;/h4-9,12,18H,10-11H2,1-3H3,(H,21,22)(H,23,24);1-2,7H;;. The van der Waals surface area contributed by atoms with Crippen LogP contribution in [0.2, 0.25) is 0 Å². The van der Waals surface area contributed by atoms with Gasteiger partial charge in [0.15, 0.2) is 11.6 Å². The zero-order valence-corrected chi connectivity index (χ0v) is 20.8. The fourth-order valence-corrected chi connectivity index (χ4v) is 4.16. The number of halogens is 3. The van der Waals surface area contributed by atoms with Crippen molar-refractivity contribution in [2.45, 2.75) is 32.7 Å². The fourth-order valence-electron chi connectivity index (χ4n) is 3.68. The zero-order valence-electron chi connectivity index (χ0n) is 20.0. The summed E-state index contributed by atoms with van der Waals surface area (Å²) in [6.07, 6.45) is 0.458. The molecule has 1 aliphatic heterocycles. The van der Waals surface area contributed by atoms with E-state index < -0.39 is 30.0 Å². The first-order valence-electron chi connectivity index (χ1n) is 11.1. The van der Waals surface area contributed by atoms with E-state index in [1.807, 2.05) is 56.5 Å². The molecule has 0 radical (unpaired) electrons. The van der Waals surface area contributed by atoms with E-state index in [9.17, 15) is 27.9 Å². The first-order valence-corrected chi connectivity index (χ1v) is 12.5. The van der Waals surface area contributed by atoms with Crippen LogP contribution >= 0.6 is 11.8 Å². The van der Waals surface area contributed by atoms with Crippen LogP contribution in [0.3, 0.4) is 0 Å². The van der Waals surface area contributed by atoms with Crippen LogP contribution in [0.4, 0.5) is 13.2 Å². The van der Waals surface area contributed by atoms with Crippen molar-refractivity contribution in [2.24, 2.45) is 0 Å². The Hall–Kier alpha value is -2.86. The molecule has 2 bridgehead atoms. The molecule has 2 atom stereocenters. The normalized spacial score (nSPS) is 13.9. The molecule has 0 spiro atoms. The van der Waals surface area contributed by atoms with Crippen molar-refractivity contribution < 1.29 is 32.6 Å². The van der Waals surface area contributed by atoms with Crippen molar-refractivity contribution in [1.82, 2.24) is 5.32 Å². The van der Waals surface area contributed by atoms with Gasteiger partial charge in [-0.1, -0.05) is 42.0 Å². The molecule has 0 saturated heterocycles. The summed E-state index contributed by atoms with van der Waals surface area (Å²) in [4.78, 5) is 24.2. The minimum absolute atomic E-state index is 0. The van der Waals surface area contributed by atoms with Crippen LogP contribution in [-0.4, -0.2) is 53.9 Å². The second-order valence-electron chi connectivity index (χ2n) is 8.25. The first kappa shape index (κ1) is 30.4. The maximum absolute atomic E-state index is 12.8. The van der Waals surface area contributed by atoms with Gasteiger partial charge in [-0.15, -0.1) is 0 Å². The number of rotatable bonds is 7. The molecule has 1 aliphatic rings. The summed E-state index contributed by atoms with van der Waals surface area (Å²) in [5, 5.41) is 12.0. The van der Waals surface area contributed by atoms with Gasteiger partial charge in [0.05, 0.1) is 5.56 Å². The number of thioether (sulfide) groups is 1. The van der Waals surface area contributed by atoms with Crippen molar-refractivity contribution in [3.8, 4) is 16.9 Å². The summed E-state index contributed by atoms with van der Waals surface area (Å²) in [7, 11) is 0. The second kappa shape index (κ2) is 13.6. The fraction of sp³-hybridized carbons (Fsp3) is 0.259. The molecule has 2 N–H and O–H groups in total. The number of carbonyl (C=O) groups excluding carboxylic acids is 1. The average Bonchev–Trinajstić information content (AvgIpc) is 3.16. The molecule has 0 aromatic heterocycles. The molecule has 5 nitrogen and oxygen atoms in total. The summed E-state index contributed by atoms with van der Waals surface area (Å²) in [6, 6.07) is 14.5. The van der Waals surface area contributed by atoms with Gasteiger partial charge < -0.3 is 15.2 Å². The number of aryl methyl sites for hydroxylation is 2. The van der Waals surface area contributed by atoms with Crippen molar-refractivity contribution in [2.75, 3.05) is 12.0 Å². The van der Waals surface area contributed by atoms with Crippen LogP contribution in [0.15, 0.2) is 54.6 Å². The number of carboxylic acid groups (broad SMARTS) is 1. The van der Waals surface area contributed by atoms with Gasteiger partial charge in [-0.05, 0) is 61.1 Å². The molecular formula is C27H27F3LiNO4S. The molecule has 3 aromatic carbocycles. The molecule has 2 unspecified atom stereocenters. The predicted molar refractivity (Wildman–Crippen MR) is 141 cm³/mol. The number of benzene rings is 3. The molecule has 10 heteroatoms. The minimum atomic E-state index is -1.85. The Balaban J connectivity index is 0.000000333. The topological polar surface area (TPSA) is 75.6 Å². The van der Waals surface area contributed by atoms with Gasteiger partial charge in [0.1, 0.15) is 11.8 Å². The quantitative estimate of drug-likeness (QED) is 0.394. The van der Waals surface area contributed by atoms with Gasteiger partial charge in [-0.25, -0.2) is 13.6 Å². The average molecular weight is 526 g/mol. The van der Waals surface area contributed by atoms with Gasteiger partial charge >= 0.3 is 24.8 Å². The van der Waals surface area contributed by atoms with Gasteiger partial charge in [-0.2, -0.15) is 16.2 Å². The Bertz CT molecular complexity index is 1270. The third-order valence-corrected chi connectivity index (χ3v) is 6.23. The molecule has 37 heavy (non-hydrogen) atoms. The van der Waals surface area contributed by atoms with E-state index in [0.717, 1.165) is 34.4 Å². The molecule has 4 rings (SSSR count). The van der Waals surface area contributed by atoms with Crippen molar-refractivity contribution in [1.29, 1.82) is 0 Å². The number of hydrogen-bond acceptors (Lipinski definition) is 4. The number of alkyl halides is 1. The van der Waals surface area contributed by atoms with Crippen LogP contribution in [-0.2, 0) is 4.79 Å². The maximum atomic E-state index is 12.8. The molecule has 0 fully saturated rings. The Morgan fingerprint density at radius 1 is 1.08 bits per heavy atom. The Kier molecular flexibility index (Phi) is 11.2. The number of hydrogen-bond donors (Lipinski definition) is 2. The Morgan fingerprint density at radius 2 is 1.78 bits per heavy atom. The van der Waals surface area contributed by atoms with E-state index in [4.69, 9.17) is 0 Å². The predicted octanol–water partition coefficient (Wildman–Crippen LogP) is 5.58. The van der Waals surface area contributed by atoms with Gasteiger partial charge in [0.25, 0.3) is 12.3 Å². The zero-order chi connectivity index (χ0) is 26.4. The number of amides is 1. The van der Waals surface area contributed by atoms with E-state index in [-0.39, 0.29) is 36.1 Å². The summed E-state index contributed by atoms with van der Waals surface area (Å²) >= 11 is 1.56. The summed E-state index contributed by atoms with van der Waals surface area (Å²) in [5.74, 6) is -2.89. The number of carbonyl (C=O) groups is 2. The number of ether oxygens (including phenoxy) is 1. The summed E-state index contributed by atoms with van der Waals surface area (Å²) in [5.41, 5.74) is 4.05. The molecule has 3 aromatic rings. The first-order chi connectivity index (χ1) is 17.1. The third kappa shape index (κ3) is 7.57.